The molecule has 10 nitrogen and oxygen atoms in total. The van der Waals surface area contributed by atoms with Gasteiger partial charge in [0.05, 0.1) is 6.54 Å². The second kappa shape index (κ2) is 11.6. The van der Waals surface area contributed by atoms with Crippen molar-refractivity contribution in [2.45, 2.75) is 69.5 Å². The molecule has 4 atom stereocenters. The van der Waals surface area contributed by atoms with Gasteiger partial charge in [0.25, 0.3) is 5.92 Å². The third-order valence-electron chi connectivity index (χ3n) is 9.24. The van der Waals surface area contributed by atoms with E-state index >= 15 is 0 Å². The summed E-state index contributed by atoms with van der Waals surface area (Å²) in [6.45, 7) is 0.462. The summed E-state index contributed by atoms with van der Waals surface area (Å²) in [6.07, 6.45) is 0.171. The molecule has 5 saturated heterocycles. The summed E-state index contributed by atoms with van der Waals surface area (Å²) in [6, 6.07) is -0.985. The highest BCUT2D eigenvalue weighted by Gasteiger charge is 2.46. The molecule has 0 aromatic rings. The van der Waals surface area contributed by atoms with Crippen molar-refractivity contribution in [3.63, 3.8) is 0 Å². The number of carbonyl (C=O) groups is 5. The highest BCUT2D eigenvalue weighted by molar-refractivity contribution is 5.93. The third kappa shape index (κ3) is 6.22. The molecular weight excluding hydrogens is 531 g/mol. The maximum Gasteiger partial charge on any atom is 0.251 e. The molecule has 5 amide bonds. The second-order valence-electron chi connectivity index (χ2n) is 12.0. The smallest absolute Gasteiger partial charge is 0.251 e. The first-order valence-electron chi connectivity index (χ1n) is 14.4. The van der Waals surface area contributed by atoms with Gasteiger partial charge in [-0.15, -0.1) is 0 Å². The number of alkyl halides is 3. The predicted molar refractivity (Wildman–Crippen MR) is 136 cm³/mol. The average Bonchev–Trinajstić information content (AvgIpc) is 3.58. The third-order valence-corrected chi connectivity index (χ3v) is 9.24. The van der Waals surface area contributed by atoms with Crippen molar-refractivity contribution in [1.82, 2.24) is 24.5 Å². The van der Waals surface area contributed by atoms with Crippen molar-refractivity contribution < 1.29 is 37.1 Å². The maximum atomic E-state index is 14.5. The van der Waals surface area contributed by atoms with E-state index in [0.29, 0.717) is 26.1 Å². The molecule has 0 saturated carbocycles. The van der Waals surface area contributed by atoms with Crippen LogP contribution in [0, 0.1) is 11.8 Å². The van der Waals surface area contributed by atoms with Crippen LogP contribution in [0.15, 0.2) is 0 Å². The lowest BCUT2D eigenvalue weighted by Crippen LogP contribution is -2.53. The quantitative estimate of drug-likeness (QED) is 0.501. The maximum absolute atomic E-state index is 14.5. The van der Waals surface area contributed by atoms with E-state index in [1.807, 2.05) is 4.90 Å². The highest BCUT2D eigenvalue weighted by atomic mass is 19.3. The Morgan fingerprint density at radius 2 is 1.55 bits per heavy atom. The summed E-state index contributed by atoms with van der Waals surface area (Å²) in [5.74, 6) is -5.33. The number of amides is 5. The topological polar surface area (TPSA) is 102 Å². The van der Waals surface area contributed by atoms with Crippen LogP contribution < -0.4 is 0 Å². The van der Waals surface area contributed by atoms with Gasteiger partial charge in [-0.2, -0.15) is 0 Å². The van der Waals surface area contributed by atoms with Gasteiger partial charge in [-0.25, -0.2) is 13.2 Å². The number of halogens is 3. The van der Waals surface area contributed by atoms with E-state index in [1.165, 1.54) is 9.80 Å². The van der Waals surface area contributed by atoms with E-state index in [4.69, 9.17) is 0 Å². The summed E-state index contributed by atoms with van der Waals surface area (Å²) >= 11 is 0. The van der Waals surface area contributed by atoms with E-state index in [-0.39, 0.29) is 69.1 Å². The van der Waals surface area contributed by atoms with Crippen LogP contribution in [0.2, 0.25) is 0 Å². The Kier molecular flexibility index (Phi) is 8.28. The number of likely N-dealkylation sites (tertiary alicyclic amines) is 2. The van der Waals surface area contributed by atoms with Gasteiger partial charge in [0.2, 0.25) is 29.5 Å². The van der Waals surface area contributed by atoms with E-state index in [0.717, 1.165) is 17.7 Å². The van der Waals surface area contributed by atoms with Crippen LogP contribution >= 0.6 is 0 Å². The molecule has 0 aromatic heterocycles. The predicted octanol–water partition coefficient (Wildman–Crippen LogP) is 0.893. The van der Waals surface area contributed by atoms with E-state index in [2.05, 4.69) is 0 Å². The second-order valence-corrected chi connectivity index (χ2v) is 12.0. The zero-order valence-corrected chi connectivity index (χ0v) is 22.7. The Labute approximate surface area is 231 Å². The molecule has 222 valence electrons. The molecular formula is C27H38F3N5O5. The van der Waals surface area contributed by atoms with Gasteiger partial charge < -0.3 is 24.5 Å². The minimum absolute atomic E-state index is 0.0235. The number of piperidine rings is 2. The SMILES string of the molecule is O=C(C[C@@H]1CCN2C[C@@H]1CC(=O)N(CC(=O)N1CCC(F)(F)CC1)CC(=O)N1C[C@@H](F)C[C@H]1C2=O)N1CCCC1. The summed E-state index contributed by atoms with van der Waals surface area (Å²) in [5, 5.41) is 0. The van der Waals surface area contributed by atoms with Crippen molar-refractivity contribution >= 4 is 29.5 Å². The molecule has 5 aliphatic rings. The average molecular weight is 570 g/mol. The van der Waals surface area contributed by atoms with Gasteiger partial charge in [-0.1, -0.05) is 0 Å². The highest BCUT2D eigenvalue weighted by Crippen LogP contribution is 2.34. The first-order valence-corrected chi connectivity index (χ1v) is 14.4. The fraction of sp³-hybridized carbons (Fsp3) is 0.815. The Hall–Kier alpha value is -2.86. The zero-order valence-electron chi connectivity index (χ0n) is 22.7. The van der Waals surface area contributed by atoms with Gasteiger partial charge in [0, 0.05) is 71.4 Å². The summed E-state index contributed by atoms with van der Waals surface area (Å²) in [7, 11) is 0. The summed E-state index contributed by atoms with van der Waals surface area (Å²) in [4.78, 5) is 73.4. The summed E-state index contributed by atoms with van der Waals surface area (Å²) < 4.78 is 41.7. The summed E-state index contributed by atoms with van der Waals surface area (Å²) in [5.41, 5.74) is 0. The van der Waals surface area contributed by atoms with E-state index in [9.17, 15) is 37.1 Å². The lowest BCUT2D eigenvalue weighted by Gasteiger charge is -2.40. The first kappa shape index (κ1) is 28.7. The normalized spacial score (nSPS) is 31.4. The van der Waals surface area contributed by atoms with Gasteiger partial charge in [0.15, 0.2) is 0 Å². The van der Waals surface area contributed by atoms with Gasteiger partial charge in [-0.3, -0.25) is 24.0 Å². The number of hydrogen-bond acceptors (Lipinski definition) is 5. The minimum atomic E-state index is -2.84. The molecule has 0 unspecified atom stereocenters. The minimum Gasteiger partial charge on any atom is -0.343 e. The van der Waals surface area contributed by atoms with Gasteiger partial charge in [0.1, 0.15) is 25.3 Å². The van der Waals surface area contributed by atoms with Crippen LogP contribution in [0.3, 0.4) is 0 Å². The Morgan fingerprint density at radius 3 is 2.25 bits per heavy atom. The van der Waals surface area contributed by atoms with Crippen molar-refractivity contribution in [2.24, 2.45) is 11.8 Å². The van der Waals surface area contributed by atoms with Gasteiger partial charge >= 0.3 is 0 Å². The molecule has 2 bridgehead atoms. The molecule has 5 rings (SSSR count). The van der Waals surface area contributed by atoms with Crippen LogP contribution in [0.4, 0.5) is 13.2 Å². The van der Waals surface area contributed by atoms with Crippen LogP contribution in [-0.2, 0) is 24.0 Å². The molecule has 0 radical (unpaired) electrons. The number of fused-ring (bicyclic) bond motifs is 3. The largest absolute Gasteiger partial charge is 0.343 e. The molecule has 40 heavy (non-hydrogen) atoms. The van der Waals surface area contributed by atoms with Crippen molar-refractivity contribution in [3.8, 4) is 0 Å². The Balaban J connectivity index is 1.36. The fourth-order valence-electron chi connectivity index (χ4n) is 6.79. The van der Waals surface area contributed by atoms with Crippen LogP contribution in [-0.4, -0.2) is 131 Å². The molecule has 13 heteroatoms. The molecule has 5 aliphatic heterocycles. The monoisotopic (exact) mass is 569 g/mol. The molecule has 0 aromatic carbocycles. The number of nitrogens with zero attached hydrogens (tertiary/aromatic N) is 5. The molecule has 0 N–H and O–H groups in total. The zero-order chi connectivity index (χ0) is 28.6. The van der Waals surface area contributed by atoms with Crippen molar-refractivity contribution in [2.75, 3.05) is 58.9 Å². The molecule has 5 heterocycles. The van der Waals surface area contributed by atoms with Crippen LogP contribution in [0.25, 0.3) is 0 Å². The fourth-order valence-corrected chi connectivity index (χ4v) is 6.79. The van der Waals surface area contributed by atoms with E-state index < -0.39 is 61.8 Å². The number of hydrogen-bond donors (Lipinski definition) is 0. The first-order chi connectivity index (χ1) is 19.0. The standard InChI is InChI=1S/C27H38F3N5O5/c28-20-13-21-26(40)33-8-3-18(11-22(36)31-6-1-2-7-31)19(14-33)12-23(37)34(17-25(39)35(21)15-20)16-24(38)32-9-4-27(29,30)5-10-32/h18-21H,1-17H2/t18-,19-,20-,21-/m0/s1. The number of carbonyl (C=O) groups excluding carboxylic acids is 5. The Morgan fingerprint density at radius 1 is 0.875 bits per heavy atom. The lowest BCUT2D eigenvalue weighted by molar-refractivity contribution is -0.149. The molecule has 0 aliphatic carbocycles. The van der Waals surface area contributed by atoms with Crippen molar-refractivity contribution in [3.05, 3.63) is 0 Å². The van der Waals surface area contributed by atoms with Crippen molar-refractivity contribution in [1.29, 1.82) is 0 Å². The van der Waals surface area contributed by atoms with Gasteiger partial charge in [-0.05, 0) is 31.1 Å². The molecule has 5 fully saturated rings. The van der Waals surface area contributed by atoms with Crippen LogP contribution in [0.1, 0.15) is 51.4 Å². The molecule has 0 spiro atoms. The number of rotatable bonds is 4. The Bertz CT molecular complexity index is 1030. The van der Waals surface area contributed by atoms with Crippen LogP contribution in [0.5, 0.6) is 0 Å². The lowest BCUT2D eigenvalue weighted by atomic mass is 9.80. The van der Waals surface area contributed by atoms with E-state index in [1.54, 1.807) is 4.90 Å².